The molecule has 1 aliphatic rings. The van der Waals surface area contributed by atoms with E-state index in [0.29, 0.717) is 25.7 Å². The summed E-state index contributed by atoms with van der Waals surface area (Å²) in [6, 6.07) is 0. The number of hydrogen-bond acceptors (Lipinski definition) is 10. The van der Waals surface area contributed by atoms with Crippen molar-refractivity contribution in [2.75, 3.05) is 13.2 Å². The van der Waals surface area contributed by atoms with Gasteiger partial charge in [-0.05, 0) is 57.8 Å². The first-order valence-corrected chi connectivity index (χ1v) is 23.0. The molecular formula is C43H75O12P. The Morgan fingerprint density at radius 3 is 1.95 bits per heavy atom. The van der Waals surface area contributed by atoms with Crippen LogP contribution in [-0.4, -0.2) is 80.5 Å². The van der Waals surface area contributed by atoms with E-state index in [1.165, 1.54) is 32.1 Å². The Bertz CT molecular complexity index is 1180. The highest BCUT2D eigenvalue weighted by atomic mass is 31.2. The minimum atomic E-state index is -4.85. The van der Waals surface area contributed by atoms with Gasteiger partial charge in [0.15, 0.2) is 6.10 Å². The zero-order chi connectivity index (χ0) is 41.4. The van der Waals surface area contributed by atoms with Crippen molar-refractivity contribution in [3.63, 3.8) is 0 Å². The topological polar surface area (TPSA) is 197 Å². The first kappa shape index (κ1) is 51.8. The molecule has 6 atom stereocenters. The molecule has 324 valence electrons. The van der Waals surface area contributed by atoms with E-state index in [1.807, 2.05) is 0 Å². The standard InChI is InChI=1S/C43H75O12P/c1-3-5-7-8-9-10-11-12-13-14-15-16-17-18-19-20-22-28-43(49)55-37(34-54-56(50,51)52)33-53-42(48)27-24-23-26-36(45)31-39-38(40(46)32-41(39)47)30-29-35(44)25-21-6-4-2/h9-10,12-13,29-30,35,37-41,44,46-47H,3-8,11,14-28,31-34H2,1-2H3,(H2,50,51,52)/b10-9-,13-12-,30-29+/t35-,37+,38+,39+,40+,41-/m0/s1. The normalized spacial score (nSPS) is 20.0. The predicted octanol–water partition coefficient (Wildman–Crippen LogP) is 8.52. The van der Waals surface area contributed by atoms with Crippen LogP contribution in [0.4, 0.5) is 0 Å². The number of ether oxygens (including phenoxy) is 2. The molecule has 0 aromatic rings. The number of carbonyl (C=O) groups is 3. The number of esters is 2. The van der Waals surface area contributed by atoms with Crippen molar-refractivity contribution in [1.82, 2.24) is 0 Å². The molecule has 0 bridgehead atoms. The highest BCUT2D eigenvalue weighted by molar-refractivity contribution is 7.46. The molecule has 12 nitrogen and oxygen atoms in total. The third kappa shape index (κ3) is 28.3. The molecule has 0 spiro atoms. The fraction of sp³-hybridized carbons (Fsp3) is 0.791. The first-order valence-electron chi connectivity index (χ1n) is 21.5. The largest absolute Gasteiger partial charge is 0.469 e. The Hall–Kier alpha value is -2.18. The van der Waals surface area contributed by atoms with Crippen molar-refractivity contribution in [3.05, 3.63) is 36.5 Å². The second-order valence-corrected chi connectivity index (χ2v) is 16.5. The van der Waals surface area contributed by atoms with Crippen molar-refractivity contribution >= 4 is 25.5 Å². The van der Waals surface area contributed by atoms with Gasteiger partial charge in [0.05, 0.1) is 24.9 Å². The van der Waals surface area contributed by atoms with Gasteiger partial charge in [-0.2, -0.15) is 0 Å². The molecule has 0 radical (unpaired) electrons. The third-order valence-electron chi connectivity index (χ3n) is 10.1. The predicted molar refractivity (Wildman–Crippen MR) is 218 cm³/mol. The average molecular weight is 815 g/mol. The van der Waals surface area contributed by atoms with E-state index in [2.05, 4.69) is 42.7 Å². The Morgan fingerprint density at radius 1 is 0.714 bits per heavy atom. The molecule has 56 heavy (non-hydrogen) atoms. The number of rotatable bonds is 35. The van der Waals surface area contributed by atoms with Gasteiger partial charge in [0.1, 0.15) is 12.4 Å². The van der Waals surface area contributed by atoms with Crippen molar-refractivity contribution in [2.24, 2.45) is 11.8 Å². The Kier molecular flexibility index (Phi) is 30.3. The smallest absolute Gasteiger partial charge is 0.462 e. The molecule has 1 aliphatic carbocycles. The van der Waals surface area contributed by atoms with E-state index in [1.54, 1.807) is 12.2 Å². The Labute approximate surface area is 336 Å². The molecular weight excluding hydrogens is 739 g/mol. The maximum Gasteiger partial charge on any atom is 0.469 e. The van der Waals surface area contributed by atoms with E-state index in [4.69, 9.17) is 19.3 Å². The molecule has 0 saturated heterocycles. The van der Waals surface area contributed by atoms with Crippen LogP contribution < -0.4 is 0 Å². The van der Waals surface area contributed by atoms with Gasteiger partial charge in [-0.3, -0.25) is 18.9 Å². The summed E-state index contributed by atoms with van der Waals surface area (Å²) in [7, 11) is -4.85. The Balaban J connectivity index is 2.30. The molecule has 1 saturated carbocycles. The fourth-order valence-electron chi connectivity index (χ4n) is 6.81. The SMILES string of the molecule is CCCCC/C=C\C/C=C\CCCCCCCCCC(=O)O[C@H](COC(=O)CCCCC(=O)C[C@@H]1[C@@H](/C=C/[C@@H](O)CCCCC)[C@H](O)C[C@@H]1O)COP(=O)(O)O. The monoisotopic (exact) mass is 814 g/mol. The van der Waals surface area contributed by atoms with E-state index < -0.39 is 69.2 Å². The second kappa shape index (κ2) is 32.7. The number of phosphoric ester groups is 1. The van der Waals surface area contributed by atoms with Gasteiger partial charge in [0.25, 0.3) is 0 Å². The molecule has 0 amide bonds. The number of unbranched alkanes of at least 4 members (excludes halogenated alkanes) is 13. The summed E-state index contributed by atoms with van der Waals surface area (Å²) in [5, 5.41) is 31.2. The molecule has 0 aromatic carbocycles. The molecule has 1 fully saturated rings. The third-order valence-corrected chi connectivity index (χ3v) is 10.6. The molecule has 0 unspecified atom stereocenters. The highest BCUT2D eigenvalue weighted by Crippen LogP contribution is 2.37. The van der Waals surface area contributed by atoms with Crippen LogP contribution in [0.15, 0.2) is 36.5 Å². The van der Waals surface area contributed by atoms with Crippen LogP contribution >= 0.6 is 7.82 Å². The quantitative estimate of drug-likeness (QED) is 0.0177. The van der Waals surface area contributed by atoms with Crippen molar-refractivity contribution in [2.45, 2.75) is 192 Å². The van der Waals surface area contributed by atoms with Crippen LogP contribution in [0.1, 0.15) is 168 Å². The van der Waals surface area contributed by atoms with Crippen molar-refractivity contribution in [3.8, 4) is 0 Å². The number of aliphatic hydroxyl groups excluding tert-OH is 3. The number of allylic oxidation sites excluding steroid dienone is 4. The lowest BCUT2D eigenvalue weighted by atomic mass is 9.87. The number of aliphatic hydroxyl groups is 3. The van der Waals surface area contributed by atoms with E-state index in [-0.39, 0.29) is 37.9 Å². The van der Waals surface area contributed by atoms with E-state index in [0.717, 1.165) is 64.2 Å². The van der Waals surface area contributed by atoms with Crippen LogP contribution in [0.5, 0.6) is 0 Å². The maximum absolute atomic E-state index is 12.7. The number of carbonyl (C=O) groups excluding carboxylic acids is 3. The summed E-state index contributed by atoms with van der Waals surface area (Å²) in [4.78, 5) is 55.8. The molecule has 0 heterocycles. The number of phosphoric acid groups is 1. The number of hydrogen-bond donors (Lipinski definition) is 5. The Morgan fingerprint density at radius 2 is 1.29 bits per heavy atom. The number of ketones is 1. The zero-order valence-corrected chi connectivity index (χ0v) is 35.2. The van der Waals surface area contributed by atoms with Gasteiger partial charge >= 0.3 is 19.8 Å². The maximum atomic E-state index is 12.7. The first-order chi connectivity index (χ1) is 26.9. The minimum Gasteiger partial charge on any atom is -0.462 e. The van der Waals surface area contributed by atoms with Gasteiger partial charge in [0.2, 0.25) is 0 Å². The highest BCUT2D eigenvalue weighted by Gasteiger charge is 2.41. The van der Waals surface area contributed by atoms with Gasteiger partial charge in [-0.15, -0.1) is 0 Å². The fourth-order valence-corrected chi connectivity index (χ4v) is 7.17. The summed E-state index contributed by atoms with van der Waals surface area (Å²) in [5.74, 6) is -2.18. The van der Waals surface area contributed by atoms with Crippen LogP contribution in [0.3, 0.4) is 0 Å². The van der Waals surface area contributed by atoms with E-state index >= 15 is 0 Å². The molecule has 13 heteroatoms. The molecule has 0 aliphatic heterocycles. The zero-order valence-electron chi connectivity index (χ0n) is 34.4. The van der Waals surface area contributed by atoms with Crippen LogP contribution in [0.2, 0.25) is 0 Å². The van der Waals surface area contributed by atoms with Crippen LogP contribution in [0.25, 0.3) is 0 Å². The summed E-state index contributed by atoms with van der Waals surface area (Å²) in [6.07, 6.45) is 27.8. The van der Waals surface area contributed by atoms with Crippen LogP contribution in [0, 0.1) is 11.8 Å². The number of Topliss-reactive ketones (excluding diaryl/α,β-unsaturated/α-hetero) is 1. The van der Waals surface area contributed by atoms with Gasteiger partial charge in [0, 0.05) is 43.9 Å². The lowest BCUT2D eigenvalue weighted by Gasteiger charge is -2.20. The minimum absolute atomic E-state index is 0.0209. The summed E-state index contributed by atoms with van der Waals surface area (Å²) >= 11 is 0. The molecule has 0 aromatic heterocycles. The van der Waals surface area contributed by atoms with Gasteiger partial charge < -0.3 is 34.6 Å². The van der Waals surface area contributed by atoms with Crippen molar-refractivity contribution < 1.29 is 58.1 Å². The molecule has 5 N–H and O–H groups in total. The van der Waals surface area contributed by atoms with Gasteiger partial charge in [-0.1, -0.05) is 115 Å². The lowest BCUT2D eigenvalue weighted by molar-refractivity contribution is -0.161. The molecule has 1 rings (SSSR count). The summed E-state index contributed by atoms with van der Waals surface area (Å²) < 4.78 is 26.3. The van der Waals surface area contributed by atoms with Crippen molar-refractivity contribution in [1.29, 1.82) is 0 Å². The summed E-state index contributed by atoms with van der Waals surface area (Å²) in [6.45, 7) is 3.23. The second-order valence-electron chi connectivity index (χ2n) is 15.3. The average Bonchev–Trinajstić information content (AvgIpc) is 3.41. The van der Waals surface area contributed by atoms with Crippen LogP contribution in [-0.2, 0) is 32.9 Å². The van der Waals surface area contributed by atoms with E-state index in [9.17, 15) is 34.3 Å². The lowest BCUT2D eigenvalue weighted by Crippen LogP contribution is -2.29. The van der Waals surface area contributed by atoms with Gasteiger partial charge in [-0.25, -0.2) is 4.57 Å². The summed E-state index contributed by atoms with van der Waals surface area (Å²) in [5.41, 5.74) is 0.